The van der Waals surface area contributed by atoms with Crippen LogP contribution >= 0.6 is 0 Å². The molecule has 0 radical (unpaired) electrons. The van der Waals surface area contributed by atoms with Crippen LogP contribution in [0, 0.1) is 5.82 Å². The van der Waals surface area contributed by atoms with Gasteiger partial charge in [0, 0.05) is 19.3 Å². The second-order valence-electron chi connectivity index (χ2n) is 7.58. The fourth-order valence-electron chi connectivity index (χ4n) is 3.73. The first-order valence-corrected chi connectivity index (χ1v) is 10.8. The summed E-state index contributed by atoms with van der Waals surface area (Å²) in [6.07, 6.45) is 0. The molecule has 4 rings (SSSR count). The molecule has 1 heterocycles. The van der Waals surface area contributed by atoms with E-state index in [1.54, 1.807) is 42.5 Å². The van der Waals surface area contributed by atoms with E-state index >= 15 is 0 Å². The number of benzene rings is 3. The van der Waals surface area contributed by atoms with Gasteiger partial charge < -0.3 is 10.1 Å². The maximum atomic E-state index is 14.2. The lowest BCUT2D eigenvalue weighted by molar-refractivity contribution is -0.127. The monoisotopic (exact) mass is 461 g/mol. The first kappa shape index (κ1) is 23.1. The van der Waals surface area contributed by atoms with E-state index in [9.17, 15) is 14.0 Å². The summed E-state index contributed by atoms with van der Waals surface area (Å²) >= 11 is 0. The van der Waals surface area contributed by atoms with Crippen LogP contribution in [-0.4, -0.2) is 47.1 Å². The third-order valence-corrected chi connectivity index (χ3v) is 5.29. The molecule has 0 spiro atoms. The summed E-state index contributed by atoms with van der Waals surface area (Å²) in [5, 5.41) is 11.0. The minimum Gasteiger partial charge on any atom is -0.383 e. The van der Waals surface area contributed by atoms with Crippen molar-refractivity contribution in [3.05, 3.63) is 90.2 Å². The lowest BCUT2D eigenvalue weighted by Gasteiger charge is -2.31. The van der Waals surface area contributed by atoms with E-state index in [0.717, 1.165) is 0 Å². The number of halogens is 1. The van der Waals surface area contributed by atoms with Crippen LogP contribution in [0.25, 0.3) is 11.0 Å². The maximum absolute atomic E-state index is 14.2. The molecule has 0 aliphatic heterocycles. The van der Waals surface area contributed by atoms with Gasteiger partial charge in [-0.25, -0.2) is 9.07 Å². The smallest absolute Gasteiger partial charge is 0.249 e. The molecule has 8 nitrogen and oxygen atoms in total. The lowest BCUT2D eigenvalue weighted by atomic mass is 10.0. The van der Waals surface area contributed by atoms with E-state index in [1.165, 1.54) is 34.9 Å². The quantitative estimate of drug-likeness (QED) is 0.387. The number of amides is 2. The summed E-state index contributed by atoms with van der Waals surface area (Å²) < 4.78 is 20.7. The Labute approximate surface area is 195 Å². The molecule has 1 atom stereocenters. The Kier molecular flexibility index (Phi) is 7.24. The van der Waals surface area contributed by atoms with Gasteiger partial charge in [0.15, 0.2) is 0 Å². The fourth-order valence-corrected chi connectivity index (χ4v) is 3.73. The van der Waals surface area contributed by atoms with Gasteiger partial charge in [0.25, 0.3) is 0 Å². The number of carbonyl (C=O) groups is 2. The van der Waals surface area contributed by atoms with Crippen LogP contribution in [0.2, 0.25) is 0 Å². The van der Waals surface area contributed by atoms with Crippen molar-refractivity contribution in [2.45, 2.75) is 12.6 Å². The van der Waals surface area contributed by atoms with Crippen molar-refractivity contribution in [2.75, 3.05) is 25.2 Å². The van der Waals surface area contributed by atoms with Gasteiger partial charge in [0.1, 0.15) is 23.9 Å². The van der Waals surface area contributed by atoms with Gasteiger partial charge in [-0.15, -0.1) is 5.10 Å². The highest BCUT2D eigenvalue weighted by molar-refractivity contribution is 6.01. The average Bonchev–Trinajstić information content (AvgIpc) is 3.25. The van der Waals surface area contributed by atoms with Gasteiger partial charge in [-0.2, -0.15) is 0 Å². The third-order valence-electron chi connectivity index (χ3n) is 5.29. The fraction of sp³-hybridized carbons (Fsp3) is 0.200. The van der Waals surface area contributed by atoms with Gasteiger partial charge in [-0.05, 0) is 35.9 Å². The average molecular weight is 461 g/mol. The van der Waals surface area contributed by atoms with Crippen LogP contribution in [0.3, 0.4) is 0 Å². The minimum absolute atomic E-state index is 0.189. The van der Waals surface area contributed by atoms with Gasteiger partial charge in [-0.3, -0.25) is 14.5 Å². The Balaban J connectivity index is 1.76. The topological polar surface area (TPSA) is 89.4 Å². The summed E-state index contributed by atoms with van der Waals surface area (Å²) in [6, 6.07) is 20.7. The molecule has 0 aliphatic rings. The molecule has 0 fully saturated rings. The molecular formula is C25H24FN5O3. The molecule has 3 aromatic carbocycles. The maximum Gasteiger partial charge on any atom is 0.249 e. The lowest BCUT2D eigenvalue weighted by Crippen LogP contribution is -2.46. The van der Waals surface area contributed by atoms with Crippen LogP contribution in [0.5, 0.6) is 0 Å². The van der Waals surface area contributed by atoms with E-state index in [4.69, 9.17) is 4.74 Å². The van der Waals surface area contributed by atoms with Gasteiger partial charge in [-0.1, -0.05) is 53.7 Å². The van der Waals surface area contributed by atoms with E-state index in [-0.39, 0.29) is 18.8 Å². The van der Waals surface area contributed by atoms with Crippen LogP contribution in [0.15, 0.2) is 78.9 Å². The Morgan fingerprint density at radius 2 is 1.82 bits per heavy atom. The molecular weight excluding hydrogens is 437 g/mol. The van der Waals surface area contributed by atoms with E-state index in [1.807, 2.05) is 18.2 Å². The zero-order chi connectivity index (χ0) is 23.9. The van der Waals surface area contributed by atoms with Crippen LogP contribution in [0.1, 0.15) is 11.6 Å². The highest BCUT2D eigenvalue weighted by Gasteiger charge is 2.33. The zero-order valence-corrected chi connectivity index (χ0v) is 18.6. The van der Waals surface area contributed by atoms with Gasteiger partial charge >= 0.3 is 0 Å². The highest BCUT2D eigenvalue weighted by atomic mass is 19.1. The predicted octanol–water partition coefficient (Wildman–Crippen LogP) is 3.11. The summed E-state index contributed by atoms with van der Waals surface area (Å²) in [5.41, 5.74) is 2.16. The van der Waals surface area contributed by atoms with Crippen molar-refractivity contribution in [1.29, 1.82) is 0 Å². The van der Waals surface area contributed by atoms with Crippen molar-refractivity contribution in [2.24, 2.45) is 0 Å². The van der Waals surface area contributed by atoms with Crippen molar-refractivity contribution in [3.63, 3.8) is 0 Å². The molecule has 0 saturated carbocycles. The van der Waals surface area contributed by atoms with Crippen molar-refractivity contribution in [1.82, 2.24) is 20.3 Å². The zero-order valence-electron chi connectivity index (χ0n) is 18.6. The molecule has 2 amide bonds. The minimum atomic E-state index is -1.04. The standard InChI is InChI=1S/C25H24FN5O3/c1-34-15-14-27-25(33)24(18-8-3-2-4-9-18)31(20-11-7-10-19(26)16-20)23(32)17-30-22-13-6-5-12-21(22)28-29-30/h2-13,16,24H,14-15,17H2,1H3,(H,27,33)/t24-/m1/s1. The number of anilines is 1. The number of para-hydroxylation sites is 1. The normalized spacial score (nSPS) is 11.8. The molecule has 0 bridgehead atoms. The summed E-state index contributed by atoms with van der Waals surface area (Å²) in [5.74, 6) is -1.38. The first-order chi connectivity index (χ1) is 16.6. The largest absolute Gasteiger partial charge is 0.383 e. The van der Waals surface area contributed by atoms with Gasteiger partial charge in [0.05, 0.1) is 12.1 Å². The highest BCUT2D eigenvalue weighted by Crippen LogP contribution is 2.29. The number of ether oxygens (including phenoxy) is 1. The van der Waals surface area contributed by atoms with Crippen molar-refractivity contribution < 1.29 is 18.7 Å². The molecule has 0 saturated heterocycles. The number of hydrogen-bond donors (Lipinski definition) is 1. The van der Waals surface area contributed by atoms with Crippen molar-refractivity contribution >= 4 is 28.5 Å². The number of aromatic nitrogens is 3. The third kappa shape index (κ3) is 5.10. The molecule has 1 aromatic heterocycles. The SMILES string of the molecule is COCCNC(=O)[C@@H](c1ccccc1)N(C(=O)Cn1nnc2ccccc21)c1cccc(F)c1. The number of rotatable bonds is 9. The predicted molar refractivity (Wildman–Crippen MR) is 125 cm³/mol. The van der Waals surface area contributed by atoms with E-state index < -0.39 is 23.7 Å². The Morgan fingerprint density at radius 3 is 2.59 bits per heavy atom. The van der Waals surface area contributed by atoms with E-state index in [0.29, 0.717) is 23.2 Å². The molecule has 174 valence electrons. The Bertz CT molecular complexity index is 1280. The summed E-state index contributed by atoms with van der Waals surface area (Å²) in [7, 11) is 1.53. The molecule has 1 N–H and O–H groups in total. The number of fused-ring (bicyclic) bond motifs is 1. The first-order valence-electron chi connectivity index (χ1n) is 10.8. The Hall–Kier alpha value is -4.11. The number of nitrogens with one attached hydrogen (secondary N) is 1. The number of hydrogen-bond acceptors (Lipinski definition) is 5. The number of carbonyl (C=O) groups excluding carboxylic acids is 2. The Morgan fingerprint density at radius 1 is 1.06 bits per heavy atom. The number of methoxy groups -OCH3 is 1. The summed E-state index contributed by atoms with van der Waals surface area (Å²) in [6.45, 7) is 0.384. The van der Waals surface area contributed by atoms with Crippen LogP contribution in [0.4, 0.5) is 10.1 Å². The molecule has 0 aliphatic carbocycles. The summed E-state index contributed by atoms with van der Waals surface area (Å²) in [4.78, 5) is 28.4. The van der Waals surface area contributed by atoms with Gasteiger partial charge in [0.2, 0.25) is 11.8 Å². The second kappa shape index (κ2) is 10.7. The van der Waals surface area contributed by atoms with Crippen LogP contribution in [-0.2, 0) is 20.9 Å². The number of nitrogens with zero attached hydrogens (tertiary/aromatic N) is 4. The molecule has 4 aromatic rings. The molecule has 34 heavy (non-hydrogen) atoms. The molecule has 0 unspecified atom stereocenters. The van der Waals surface area contributed by atoms with E-state index in [2.05, 4.69) is 15.6 Å². The van der Waals surface area contributed by atoms with Crippen LogP contribution < -0.4 is 10.2 Å². The van der Waals surface area contributed by atoms with Crippen molar-refractivity contribution in [3.8, 4) is 0 Å². The molecule has 9 heteroatoms. The second-order valence-corrected chi connectivity index (χ2v) is 7.58.